The van der Waals surface area contributed by atoms with Crippen molar-refractivity contribution in [2.45, 2.75) is 39.2 Å². The van der Waals surface area contributed by atoms with Gasteiger partial charge >= 0.3 is 0 Å². The molecule has 1 atom stereocenters. The minimum Gasteiger partial charge on any atom is -0.329 e. The highest BCUT2D eigenvalue weighted by Crippen LogP contribution is 2.15. The van der Waals surface area contributed by atoms with Gasteiger partial charge in [-0.25, -0.2) is 0 Å². The van der Waals surface area contributed by atoms with Gasteiger partial charge in [0.1, 0.15) is 0 Å². The van der Waals surface area contributed by atoms with Gasteiger partial charge in [0.15, 0.2) is 0 Å². The predicted molar refractivity (Wildman–Crippen MR) is 75.4 cm³/mol. The minimum absolute atomic E-state index is 0.463. The van der Waals surface area contributed by atoms with E-state index in [-0.39, 0.29) is 0 Å². The lowest BCUT2D eigenvalue weighted by Crippen LogP contribution is -2.36. The van der Waals surface area contributed by atoms with Crippen LogP contribution in [0.1, 0.15) is 37.8 Å². The molecule has 1 rings (SSSR count). The molecule has 0 heterocycles. The van der Waals surface area contributed by atoms with Gasteiger partial charge in [0.05, 0.1) is 0 Å². The van der Waals surface area contributed by atoms with Crippen molar-refractivity contribution in [3.8, 4) is 0 Å². The van der Waals surface area contributed by atoms with Crippen molar-refractivity contribution in [1.29, 1.82) is 0 Å². The smallest absolute Gasteiger partial charge is 0.0187 e. The van der Waals surface area contributed by atoms with Crippen molar-refractivity contribution in [2.75, 3.05) is 20.1 Å². The first-order valence-corrected chi connectivity index (χ1v) is 6.53. The highest BCUT2D eigenvalue weighted by Gasteiger charge is 2.06. The summed E-state index contributed by atoms with van der Waals surface area (Å²) in [6.07, 6.45) is 1.10. The lowest BCUT2D eigenvalue weighted by molar-refractivity contribution is 0.266. The third kappa shape index (κ3) is 4.49. The minimum atomic E-state index is 0.463. The summed E-state index contributed by atoms with van der Waals surface area (Å²) in [6, 6.07) is 9.44. The van der Waals surface area contributed by atoms with E-state index >= 15 is 0 Å². The van der Waals surface area contributed by atoms with Crippen LogP contribution in [0.5, 0.6) is 0 Å². The molecule has 17 heavy (non-hydrogen) atoms. The average molecular weight is 234 g/mol. The van der Waals surface area contributed by atoms with Crippen molar-refractivity contribution in [2.24, 2.45) is 5.73 Å². The second-order valence-corrected chi connectivity index (χ2v) is 5.21. The van der Waals surface area contributed by atoms with Gasteiger partial charge in [-0.15, -0.1) is 0 Å². The molecule has 0 radical (unpaired) electrons. The Labute approximate surface area is 106 Å². The van der Waals surface area contributed by atoms with Crippen LogP contribution in [0.25, 0.3) is 0 Å². The van der Waals surface area contributed by atoms with Gasteiger partial charge in [0.2, 0.25) is 0 Å². The normalized spacial score (nSPS) is 13.4. The highest BCUT2D eigenvalue weighted by atomic mass is 15.1. The third-order valence-electron chi connectivity index (χ3n) is 3.49. The van der Waals surface area contributed by atoms with E-state index in [2.05, 4.69) is 57.0 Å². The number of hydrogen-bond donors (Lipinski definition) is 1. The summed E-state index contributed by atoms with van der Waals surface area (Å²) in [7, 11) is 2.14. The zero-order valence-corrected chi connectivity index (χ0v) is 11.6. The molecule has 0 saturated carbocycles. The van der Waals surface area contributed by atoms with E-state index in [4.69, 9.17) is 5.73 Å². The number of likely N-dealkylation sites (N-methyl/N-ethyl adjacent to an activating group) is 1. The average Bonchev–Trinajstić information content (AvgIpc) is 2.35. The Morgan fingerprint density at radius 2 is 1.71 bits per heavy atom. The van der Waals surface area contributed by atoms with E-state index in [1.165, 1.54) is 11.1 Å². The number of nitrogens with two attached hydrogens (primary N) is 1. The van der Waals surface area contributed by atoms with E-state index in [9.17, 15) is 0 Å². The summed E-state index contributed by atoms with van der Waals surface area (Å²) in [6.45, 7) is 8.42. The molecular weight excluding hydrogens is 208 g/mol. The summed E-state index contributed by atoms with van der Waals surface area (Å²) >= 11 is 0. The summed E-state index contributed by atoms with van der Waals surface area (Å²) < 4.78 is 0. The van der Waals surface area contributed by atoms with Crippen LogP contribution in [-0.4, -0.2) is 31.1 Å². The number of hydrogen-bond acceptors (Lipinski definition) is 2. The van der Waals surface area contributed by atoms with E-state index in [0.29, 0.717) is 12.0 Å². The standard InChI is InChI=1S/C15H26N2/c1-12(2)15-7-5-14(6-8-15)9-10-17(4)13(3)11-16/h5-8,12-13H,9-11,16H2,1-4H3. The van der Waals surface area contributed by atoms with Gasteiger partial charge in [0, 0.05) is 19.1 Å². The van der Waals surface area contributed by atoms with Crippen molar-refractivity contribution >= 4 is 0 Å². The SMILES string of the molecule is CC(C)c1ccc(CCN(C)C(C)CN)cc1. The predicted octanol–water partition coefficient (Wildman–Crippen LogP) is 2.63. The lowest BCUT2D eigenvalue weighted by atomic mass is 10.0. The fourth-order valence-electron chi connectivity index (χ4n) is 1.77. The Kier molecular flexibility index (Phi) is 5.66. The molecule has 96 valence electrons. The van der Waals surface area contributed by atoms with Gasteiger partial charge in [-0.2, -0.15) is 0 Å². The van der Waals surface area contributed by atoms with Crippen molar-refractivity contribution < 1.29 is 0 Å². The first kappa shape index (κ1) is 14.2. The van der Waals surface area contributed by atoms with Crippen molar-refractivity contribution in [3.63, 3.8) is 0 Å². The van der Waals surface area contributed by atoms with Gasteiger partial charge in [-0.05, 0) is 37.4 Å². The number of nitrogens with zero attached hydrogens (tertiary/aromatic N) is 1. The van der Waals surface area contributed by atoms with Crippen molar-refractivity contribution in [3.05, 3.63) is 35.4 Å². The van der Waals surface area contributed by atoms with E-state index < -0.39 is 0 Å². The van der Waals surface area contributed by atoms with Crippen LogP contribution in [-0.2, 0) is 6.42 Å². The summed E-state index contributed by atoms with van der Waals surface area (Å²) in [5.41, 5.74) is 8.48. The summed E-state index contributed by atoms with van der Waals surface area (Å²) in [5.74, 6) is 0.615. The first-order chi connectivity index (χ1) is 8.04. The molecule has 0 fully saturated rings. The molecule has 0 amide bonds. The lowest BCUT2D eigenvalue weighted by Gasteiger charge is -2.23. The fourth-order valence-corrected chi connectivity index (χ4v) is 1.77. The van der Waals surface area contributed by atoms with E-state index in [1.807, 2.05) is 0 Å². The highest BCUT2D eigenvalue weighted by molar-refractivity contribution is 5.24. The molecular formula is C15H26N2. The van der Waals surface area contributed by atoms with Crippen LogP contribution in [0.3, 0.4) is 0 Å². The largest absolute Gasteiger partial charge is 0.329 e. The summed E-state index contributed by atoms with van der Waals surface area (Å²) in [4.78, 5) is 2.32. The van der Waals surface area contributed by atoms with Crippen molar-refractivity contribution in [1.82, 2.24) is 4.90 Å². The maximum atomic E-state index is 5.65. The zero-order valence-electron chi connectivity index (χ0n) is 11.6. The number of benzene rings is 1. The van der Waals surface area contributed by atoms with Gasteiger partial charge in [-0.3, -0.25) is 0 Å². The fraction of sp³-hybridized carbons (Fsp3) is 0.600. The molecule has 0 aromatic heterocycles. The van der Waals surface area contributed by atoms with E-state index in [1.54, 1.807) is 0 Å². The quantitative estimate of drug-likeness (QED) is 0.820. The molecule has 0 spiro atoms. The Bertz CT molecular complexity index is 316. The molecule has 0 aliphatic carbocycles. The molecule has 0 aliphatic heterocycles. The Morgan fingerprint density at radius 3 is 2.18 bits per heavy atom. The molecule has 1 aromatic carbocycles. The monoisotopic (exact) mass is 234 g/mol. The molecule has 2 N–H and O–H groups in total. The van der Waals surface area contributed by atoms with Crippen LogP contribution in [0, 0.1) is 0 Å². The zero-order chi connectivity index (χ0) is 12.8. The molecule has 1 unspecified atom stereocenters. The molecule has 0 aliphatic rings. The first-order valence-electron chi connectivity index (χ1n) is 6.53. The number of rotatable bonds is 6. The topological polar surface area (TPSA) is 29.3 Å². The van der Waals surface area contributed by atoms with Crippen LogP contribution in [0.4, 0.5) is 0 Å². The third-order valence-corrected chi connectivity index (χ3v) is 3.49. The maximum Gasteiger partial charge on any atom is 0.0187 e. The van der Waals surface area contributed by atoms with Crippen LogP contribution < -0.4 is 5.73 Å². The van der Waals surface area contributed by atoms with Crippen LogP contribution in [0.15, 0.2) is 24.3 Å². The van der Waals surface area contributed by atoms with Crippen LogP contribution >= 0.6 is 0 Å². The summed E-state index contributed by atoms with van der Waals surface area (Å²) in [5, 5.41) is 0. The van der Waals surface area contributed by atoms with Gasteiger partial charge in [0.25, 0.3) is 0 Å². The maximum absolute atomic E-state index is 5.65. The molecule has 2 nitrogen and oxygen atoms in total. The second-order valence-electron chi connectivity index (χ2n) is 5.21. The molecule has 0 saturated heterocycles. The second kappa shape index (κ2) is 6.77. The Morgan fingerprint density at radius 1 is 1.12 bits per heavy atom. The van der Waals surface area contributed by atoms with Gasteiger partial charge in [-0.1, -0.05) is 38.1 Å². The van der Waals surface area contributed by atoms with Gasteiger partial charge < -0.3 is 10.6 Å². The molecule has 2 heteroatoms. The van der Waals surface area contributed by atoms with E-state index in [0.717, 1.165) is 19.5 Å². The molecule has 1 aromatic rings. The van der Waals surface area contributed by atoms with Crippen LogP contribution in [0.2, 0.25) is 0 Å². The molecule has 0 bridgehead atoms. The Hall–Kier alpha value is -0.860. The Balaban J connectivity index is 2.47.